The second-order valence-corrected chi connectivity index (χ2v) is 6.69. The Morgan fingerprint density at radius 2 is 2.21 bits per heavy atom. The second-order valence-electron chi connectivity index (χ2n) is 3.63. The highest BCUT2D eigenvalue weighted by Gasteiger charge is 2.18. The molecule has 0 spiro atoms. The summed E-state index contributed by atoms with van der Waals surface area (Å²) in [5.41, 5.74) is 0. The molecule has 102 valence electrons. The molecule has 1 aromatic heterocycles. The number of sulfonamides is 1. The van der Waals surface area contributed by atoms with Gasteiger partial charge in [-0.2, -0.15) is 4.98 Å². The third-order valence-electron chi connectivity index (χ3n) is 2.17. The summed E-state index contributed by atoms with van der Waals surface area (Å²) in [6.07, 6.45) is 0. The smallest absolute Gasteiger partial charge is 0.242 e. The Labute approximate surface area is 123 Å². The minimum Gasteiger partial charge on any atom is -0.340 e. The van der Waals surface area contributed by atoms with Gasteiger partial charge >= 0.3 is 0 Å². The van der Waals surface area contributed by atoms with Crippen molar-refractivity contribution in [3.05, 3.63) is 39.4 Å². The molecular formula is C10H9BrClN3O3S. The number of benzene rings is 1. The number of rotatable bonds is 4. The van der Waals surface area contributed by atoms with Gasteiger partial charge in [-0.05, 0) is 18.2 Å². The van der Waals surface area contributed by atoms with E-state index in [0.717, 1.165) is 0 Å². The van der Waals surface area contributed by atoms with Gasteiger partial charge in [0.15, 0.2) is 5.82 Å². The van der Waals surface area contributed by atoms with Crippen molar-refractivity contribution < 1.29 is 12.9 Å². The Kier molecular flexibility index (Phi) is 4.24. The number of nitrogens with one attached hydrogen (secondary N) is 1. The highest BCUT2D eigenvalue weighted by Crippen LogP contribution is 2.25. The number of aromatic nitrogens is 2. The van der Waals surface area contributed by atoms with E-state index in [-0.39, 0.29) is 22.3 Å². The molecule has 1 N–H and O–H groups in total. The number of hydrogen-bond acceptors (Lipinski definition) is 5. The van der Waals surface area contributed by atoms with E-state index in [4.69, 9.17) is 16.1 Å². The first-order valence-corrected chi connectivity index (χ1v) is 7.78. The first-order chi connectivity index (χ1) is 8.88. The molecular weight excluding hydrogens is 358 g/mol. The third-order valence-corrected chi connectivity index (χ3v) is 4.55. The zero-order chi connectivity index (χ0) is 14.0. The molecule has 0 radical (unpaired) electrons. The molecule has 0 saturated carbocycles. The van der Waals surface area contributed by atoms with E-state index in [1.54, 1.807) is 13.0 Å². The predicted octanol–water partition coefficient (Wildman–Crippen LogP) is 2.27. The maximum absolute atomic E-state index is 12.0. The van der Waals surface area contributed by atoms with E-state index in [2.05, 4.69) is 30.8 Å². The molecule has 0 atom stereocenters. The van der Waals surface area contributed by atoms with Crippen LogP contribution in [-0.4, -0.2) is 18.6 Å². The largest absolute Gasteiger partial charge is 0.340 e. The van der Waals surface area contributed by atoms with Gasteiger partial charge in [0.05, 0.1) is 11.6 Å². The van der Waals surface area contributed by atoms with Gasteiger partial charge in [0, 0.05) is 11.4 Å². The quantitative estimate of drug-likeness (QED) is 0.897. The van der Waals surface area contributed by atoms with Gasteiger partial charge in [0.1, 0.15) is 4.90 Å². The Morgan fingerprint density at radius 1 is 1.47 bits per heavy atom. The molecule has 2 rings (SSSR count). The molecule has 2 aromatic rings. The number of halogens is 2. The molecule has 0 saturated heterocycles. The SMILES string of the molecule is Cc1nc(CNS(=O)(=O)c2ccc(Br)cc2Cl)no1. The lowest BCUT2D eigenvalue weighted by Gasteiger charge is -2.06. The van der Waals surface area contributed by atoms with Gasteiger partial charge in [-0.3, -0.25) is 0 Å². The van der Waals surface area contributed by atoms with Crippen molar-refractivity contribution in [2.45, 2.75) is 18.4 Å². The monoisotopic (exact) mass is 365 g/mol. The number of hydrogen-bond donors (Lipinski definition) is 1. The summed E-state index contributed by atoms with van der Waals surface area (Å²) in [7, 11) is -3.72. The van der Waals surface area contributed by atoms with Crippen molar-refractivity contribution in [1.82, 2.24) is 14.9 Å². The zero-order valence-corrected chi connectivity index (χ0v) is 12.9. The van der Waals surface area contributed by atoms with Crippen molar-refractivity contribution in [2.24, 2.45) is 0 Å². The Morgan fingerprint density at radius 3 is 2.79 bits per heavy atom. The lowest BCUT2D eigenvalue weighted by atomic mass is 10.4. The maximum atomic E-state index is 12.0. The zero-order valence-electron chi connectivity index (χ0n) is 9.72. The van der Waals surface area contributed by atoms with Crippen LogP contribution in [0.3, 0.4) is 0 Å². The lowest BCUT2D eigenvalue weighted by molar-refractivity contribution is 0.387. The van der Waals surface area contributed by atoms with Gasteiger partial charge in [-0.15, -0.1) is 0 Å². The van der Waals surface area contributed by atoms with Crippen LogP contribution < -0.4 is 4.72 Å². The van der Waals surface area contributed by atoms with Crippen LogP contribution in [0.25, 0.3) is 0 Å². The molecule has 0 aliphatic carbocycles. The molecule has 0 aliphatic rings. The fraction of sp³-hybridized carbons (Fsp3) is 0.200. The van der Waals surface area contributed by atoms with E-state index in [9.17, 15) is 8.42 Å². The Hall–Kier alpha value is -0.960. The van der Waals surface area contributed by atoms with Crippen molar-refractivity contribution in [1.29, 1.82) is 0 Å². The van der Waals surface area contributed by atoms with Crippen molar-refractivity contribution in [3.8, 4) is 0 Å². The molecule has 0 fully saturated rings. The molecule has 0 aliphatic heterocycles. The molecule has 0 bridgehead atoms. The molecule has 9 heteroatoms. The summed E-state index contributed by atoms with van der Waals surface area (Å²) in [5, 5.41) is 3.73. The molecule has 19 heavy (non-hydrogen) atoms. The summed E-state index contributed by atoms with van der Waals surface area (Å²) in [5.74, 6) is 0.630. The third kappa shape index (κ3) is 3.53. The number of nitrogens with zero attached hydrogens (tertiary/aromatic N) is 2. The lowest BCUT2D eigenvalue weighted by Crippen LogP contribution is -2.24. The van der Waals surface area contributed by atoms with Gasteiger partial charge in [-0.25, -0.2) is 13.1 Å². The van der Waals surface area contributed by atoms with Gasteiger partial charge in [0.2, 0.25) is 15.9 Å². The maximum Gasteiger partial charge on any atom is 0.242 e. The summed E-state index contributed by atoms with van der Waals surface area (Å²) >= 11 is 9.11. The van der Waals surface area contributed by atoms with Crippen LogP contribution in [0.1, 0.15) is 11.7 Å². The van der Waals surface area contributed by atoms with Crippen LogP contribution >= 0.6 is 27.5 Å². The fourth-order valence-corrected chi connectivity index (χ4v) is 3.36. The van der Waals surface area contributed by atoms with E-state index in [1.165, 1.54) is 12.1 Å². The minimum absolute atomic E-state index is 0.00224. The van der Waals surface area contributed by atoms with Gasteiger partial charge < -0.3 is 4.52 Å². The molecule has 1 aromatic carbocycles. The van der Waals surface area contributed by atoms with E-state index >= 15 is 0 Å². The van der Waals surface area contributed by atoms with Crippen molar-refractivity contribution in [2.75, 3.05) is 0 Å². The normalized spacial score (nSPS) is 11.7. The summed E-state index contributed by atoms with van der Waals surface area (Å²) < 4.78 is 31.9. The minimum atomic E-state index is -3.72. The first kappa shape index (κ1) is 14.4. The summed E-state index contributed by atoms with van der Waals surface area (Å²) in [6, 6.07) is 4.52. The fourth-order valence-electron chi connectivity index (χ4n) is 1.34. The molecule has 0 unspecified atom stereocenters. The average Bonchev–Trinajstić information content (AvgIpc) is 2.72. The second kappa shape index (κ2) is 5.58. The van der Waals surface area contributed by atoms with Gasteiger partial charge in [0.25, 0.3) is 0 Å². The van der Waals surface area contributed by atoms with Crippen LogP contribution in [0.5, 0.6) is 0 Å². The Balaban J connectivity index is 2.18. The number of aryl methyl sites for hydroxylation is 1. The standard InChI is InChI=1S/C10H9BrClN3O3S/c1-6-14-10(15-18-6)5-13-19(16,17)9-3-2-7(11)4-8(9)12/h2-4,13H,5H2,1H3. The van der Waals surface area contributed by atoms with E-state index < -0.39 is 10.0 Å². The predicted molar refractivity (Wildman–Crippen MR) is 72.2 cm³/mol. The van der Waals surface area contributed by atoms with Crippen molar-refractivity contribution >= 4 is 37.6 Å². The van der Waals surface area contributed by atoms with Crippen LogP contribution in [0.2, 0.25) is 5.02 Å². The van der Waals surface area contributed by atoms with Crippen LogP contribution in [0.15, 0.2) is 32.1 Å². The van der Waals surface area contributed by atoms with Crippen LogP contribution in [-0.2, 0) is 16.6 Å². The first-order valence-electron chi connectivity index (χ1n) is 5.12. The van der Waals surface area contributed by atoms with Crippen molar-refractivity contribution in [3.63, 3.8) is 0 Å². The average molecular weight is 367 g/mol. The van der Waals surface area contributed by atoms with Crippen LogP contribution in [0.4, 0.5) is 0 Å². The molecule has 6 nitrogen and oxygen atoms in total. The Bertz CT molecular complexity index is 702. The van der Waals surface area contributed by atoms with E-state index in [1.807, 2.05) is 0 Å². The summed E-state index contributed by atoms with van der Waals surface area (Å²) in [6.45, 7) is 1.56. The van der Waals surface area contributed by atoms with Gasteiger partial charge in [-0.1, -0.05) is 32.7 Å². The van der Waals surface area contributed by atoms with Crippen LogP contribution in [0, 0.1) is 6.92 Å². The summed E-state index contributed by atoms with van der Waals surface area (Å²) in [4.78, 5) is 3.90. The van der Waals surface area contributed by atoms with E-state index in [0.29, 0.717) is 10.4 Å². The highest BCUT2D eigenvalue weighted by molar-refractivity contribution is 9.10. The molecule has 1 heterocycles. The topological polar surface area (TPSA) is 85.1 Å². The highest BCUT2D eigenvalue weighted by atomic mass is 79.9. The molecule has 0 amide bonds.